The molecule has 6 heteroatoms. The lowest BCUT2D eigenvalue weighted by Crippen LogP contribution is -2.45. The molecule has 0 radical (unpaired) electrons. The summed E-state index contributed by atoms with van der Waals surface area (Å²) in [5, 5.41) is 9.71. The van der Waals surface area contributed by atoms with Crippen LogP contribution < -0.4 is 0 Å². The van der Waals surface area contributed by atoms with E-state index < -0.39 is 12.0 Å². The van der Waals surface area contributed by atoms with E-state index >= 15 is 0 Å². The second-order valence-corrected chi connectivity index (χ2v) is 4.27. The predicted octanol–water partition coefficient (Wildman–Crippen LogP) is 1.22. The normalized spacial score (nSPS) is 18.1. The molecule has 0 bridgehead atoms. The van der Waals surface area contributed by atoms with Crippen LogP contribution in [0.15, 0.2) is 6.20 Å². The van der Waals surface area contributed by atoms with Crippen LogP contribution in [-0.4, -0.2) is 38.1 Å². The molecule has 0 aromatic carbocycles. The van der Waals surface area contributed by atoms with Crippen LogP contribution in [0.2, 0.25) is 5.15 Å². The number of rotatable bonds is 3. The average molecular weight is 244 g/mol. The molecule has 1 N–H and O–H groups in total. The van der Waals surface area contributed by atoms with Gasteiger partial charge in [-0.05, 0) is 6.42 Å². The van der Waals surface area contributed by atoms with Gasteiger partial charge in [-0.15, -0.1) is 0 Å². The highest BCUT2D eigenvalue weighted by molar-refractivity contribution is 6.29. The number of carbonyl (C=O) groups is 1. The fourth-order valence-corrected chi connectivity index (χ4v) is 2.33. The number of carboxylic acid groups (broad SMARTS) is 1. The molecule has 0 saturated carbocycles. The first-order chi connectivity index (χ1) is 7.63. The van der Waals surface area contributed by atoms with Crippen molar-refractivity contribution in [1.29, 1.82) is 0 Å². The predicted molar refractivity (Wildman–Crippen MR) is 59.4 cm³/mol. The van der Waals surface area contributed by atoms with Crippen LogP contribution in [0.25, 0.3) is 0 Å². The lowest BCUT2D eigenvalue weighted by atomic mass is 10.1. The Balaban J connectivity index is 2.16. The number of carboxylic acids is 1. The number of halogens is 1. The standard InChI is InChI=1S/C10H14ClN3O2/c1-2-7(10(15)16)13-3-4-14-8(11)5-12-9(14)6-13/h5,7H,2-4,6H2,1H3,(H,15,16)/t7-/m1/s1. The molecule has 2 rings (SSSR count). The minimum atomic E-state index is -0.770. The highest BCUT2D eigenvalue weighted by Crippen LogP contribution is 2.20. The van der Waals surface area contributed by atoms with Gasteiger partial charge in [0, 0.05) is 13.1 Å². The number of aliphatic carboxylic acids is 1. The van der Waals surface area contributed by atoms with Crippen molar-refractivity contribution in [1.82, 2.24) is 14.5 Å². The Bertz CT molecular complexity index is 405. The molecule has 16 heavy (non-hydrogen) atoms. The van der Waals surface area contributed by atoms with Crippen molar-refractivity contribution in [3.8, 4) is 0 Å². The number of hydrogen-bond acceptors (Lipinski definition) is 3. The molecule has 0 unspecified atom stereocenters. The van der Waals surface area contributed by atoms with E-state index in [1.807, 2.05) is 16.4 Å². The third-order valence-corrected chi connectivity index (χ3v) is 3.26. The summed E-state index contributed by atoms with van der Waals surface area (Å²) in [5.74, 6) is 0.0737. The van der Waals surface area contributed by atoms with Gasteiger partial charge in [-0.1, -0.05) is 18.5 Å². The van der Waals surface area contributed by atoms with Gasteiger partial charge >= 0.3 is 5.97 Å². The largest absolute Gasteiger partial charge is 0.480 e. The fourth-order valence-electron chi connectivity index (χ4n) is 2.10. The van der Waals surface area contributed by atoms with Crippen LogP contribution >= 0.6 is 11.6 Å². The molecule has 1 atom stereocenters. The van der Waals surface area contributed by atoms with Gasteiger partial charge in [-0.3, -0.25) is 9.69 Å². The van der Waals surface area contributed by atoms with Crippen molar-refractivity contribution < 1.29 is 9.90 Å². The average Bonchev–Trinajstić information content (AvgIpc) is 2.61. The Labute approximate surface area is 98.6 Å². The summed E-state index contributed by atoms with van der Waals surface area (Å²) in [7, 11) is 0. The second-order valence-electron chi connectivity index (χ2n) is 3.88. The van der Waals surface area contributed by atoms with Crippen molar-refractivity contribution in [2.75, 3.05) is 6.54 Å². The van der Waals surface area contributed by atoms with Crippen molar-refractivity contribution in [2.24, 2.45) is 0 Å². The SMILES string of the molecule is CC[C@H](C(=O)O)N1CCn2c(Cl)cnc2C1. The van der Waals surface area contributed by atoms with Gasteiger partial charge < -0.3 is 9.67 Å². The van der Waals surface area contributed by atoms with Gasteiger partial charge in [-0.25, -0.2) is 4.98 Å². The zero-order valence-electron chi connectivity index (χ0n) is 9.06. The zero-order chi connectivity index (χ0) is 11.7. The van der Waals surface area contributed by atoms with E-state index in [-0.39, 0.29) is 0 Å². The lowest BCUT2D eigenvalue weighted by Gasteiger charge is -2.31. The smallest absolute Gasteiger partial charge is 0.320 e. The van der Waals surface area contributed by atoms with Gasteiger partial charge in [0.25, 0.3) is 0 Å². The highest BCUT2D eigenvalue weighted by atomic mass is 35.5. The first kappa shape index (κ1) is 11.4. The summed E-state index contributed by atoms with van der Waals surface area (Å²) in [6.45, 7) is 3.84. The molecular formula is C10H14ClN3O2. The van der Waals surface area contributed by atoms with Crippen LogP contribution in [0.4, 0.5) is 0 Å². The fraction of sp³-hybridized carbons (Fsp3) is 0.600. The second kappa shape index (κ2) is 4.43. The van der Waals surface area contributed by atoms with Gasteiger partial charge in [0.2, 0.25) is 0 Å². The van der Waals surface area contributed by atoms with Crippen molar-refractivity contribution in [2.45, 2.75) is 32.5 Å². The van der Waals surface area contributed by atoms with Crippen LogP contribution in [0.3, 0.4) is 0 Å². The molecule has 88 valence electrons. The van der Waals surface area contributed by atoms with E-state index in [9.17, 15) is 4.79 Å². The van der Waals surface area contributed by atoms with Crippen molar-refractivity contribution in [3.05, 3.63) is 17.2 Å². The third-order valence-electron chi connectivity index (χ3n) is 2.96. The maximum atomic E-state index is 11.1. The first-order valence-electron chi connectivity index (χ1n) is 5.30. The highest BCUT2D eigenvalue weighted by Gasteiger charge is 2.28. The number of imidazole rings is 1. The van der Waals surface area contributed by atoms with Crippen molar-refractivity contribution >= 4 is 17.6 Å². The molecule has 0 fully saturated rings. The van der Waals surface area contributed by atoms with Gasteiger partial charge in [-0.2, -0.15) is 0 Å². The lowest BCUT2D eigenvalue weighted by molar-refractivity contribution is -0.144. The molecule has 5 nitrogen and oxygen atoms in total. The number of hydrogen-bond donors (Lipinski definition) is 1. The minimum absolute atomic E-state index is 0.427. The number of aromatic nitrogens is 2. The van der Waals surface area contributed by atoms with Gasteiger partial charge in [0.05, 0.1) is 12.7 Å². The molecule has 0 amide bonds. The van der Waals surface area contributed by atoms with E-state index in [0.29, 0.717) is 31.2 Å². The molecule has 1 aliphatic rings. The topological polar surface area (TPSA) is 58.4 Å². The summed E-state index contributed by atoms with van der Waals surface area (Å²) in [6.07, 6.45) is 2.21. The van der Waals surface area contributed by atoms with Gasteiger partial charge in [0.1, 0.15) is 17.0 Å². The Hall–Kier alpha value is -1.07. The maximum Gasteiger partial charge on any atom is 0.320 e. The van der Waals surface area contributed by atoms with Crippen LogP contribution in [0, 0.1) is 0 Å². The summed E-state index contributed by atoms with van der Waals surface area (Å²) in [6, 6.07) is -0.427. The number of nitrogens with zero attached hydrogens (tertiary/aromatic N) is 3. The van der Waals surface area contributed by atoms with Crippen molar-refractivity contribution in [3.63, 3.8) is 0 Å². The number of fused-ring (bicyclic) bond motifs is 1. The molecule has 1 aliphatic heterocycles. The summed E-state index contributed by atoms with van der Waals surface area (Å²) in [4.78, 5) is 17.2. The molecule has 0 spiro atoms. The summed E-state index contributed by atoms with van der Waals surface area (Å²) < 4.78 is 1.92. The van der Waals surface area contributed by atoms with Crippen LogP contribution in [0.1, 0.15) is 19.2 Å². The van der Waals surface area contributed by atoms with E-state index in [1.54, 1.807) is 6.20 Å². The maximum absolute atomic E-state index is 11.1. The van der Waals surface area contributed by atoms with E-state index in [2.05, 4.69) is 4.98 Å². The summed E-state index contributed by atoms with van der Waals surface area (Å²) in [5.41, 5.74) is 0. The zero-order valence-corrected chi connectivity index (χ0v) is 9.81. The van der Waals surface area contributed by atoms with E-state index in [4.69, 9.17) is 16.7 Å². The van der Waals surface area contributed by atoms with E-state index in [0.717, 1.165) is 5.82 Å². The van der Waals surface area contributed by atoms with E-state index in [1.165, 1.54) is 0 Å². The molecule has 2 heterocycles. The first-order valence-corrected chi connectivity index (χ1v) is 5.68. The quantitative estimate of drug-likeness (QED) is 0.867. The molecule has 1 aromatic heterocycles. The van der Waals surface area contributed by atoms with Crippen LogP contribution in [0.5, 0.6) is 0 Å². The monoisotopic (exact) mass is 243 g/mol. The minimum Gasteiger partial charge on any atom is -0.480 e. The molecule has 1 aromatic rings. The Kier molecular flexibility index (Phi) is 3.16. The molecule has 0 aliphatic carbocycles. The van der Waals surface area contributed by atoms with Crippen LogP contribution in [-0.2, 0) is 17.9 Å². The van der Waals surface area contributed by atoms with Gasteiger partial charge in [0.15, 0.2) is 0 Å². The molecule has 0 saturated heterocycles. The Morgan fingerprint density at radius 3 is 3.06 bits per heavy atom. The Morgan fingerprint density at radius 2 is 2.44 bits per heavy atom. The Morgan fingerprint density at radius 1 is 1.69 bits per heavy atom. The third kappa shape index (κ3) is 1.92. The summed E-state index contributed by atoms with van der Waals surface area (Å²) >= 11 is 5.95. The molecular weight excluding hydrogens is 230 g/mol.